The molecule has 1 aliphatic rings. The summed E-state index contributed by atoms with van der Waals surface area (Å²) in [4.78, 5) is 23.0. The molecule has 1 aromatic rings. The van der Waals surface area contributed by atoms with Crippen molar-refractivity contribution in [1.29, 1.82) is 0 Å². The largest absolute Gasteiger partial charge is 0.481 e. The van der Waals surface area contributed by atoms with Gasteiger partial charge in [-0.25, -0.2) is 0 Å². The van der Waals surface area contributed by atoms with Gasteiger partial charge in [0.1, 0.15) is 11.6 Å². The zero-order valence-electron chi connectivity index (χ0n) is 10.3. The van der Waals surface area contributed by atoms with Gasteiger partial charge in [0.2, 0.25) is 0 Å². The van der Waals surface area contributed by atoms with Crippen molar-refractivity contribution in [1.82, 2.24) is 9.88 Å². The SMILES string of the molecule is Cc1ccc(C(=O)NC2COCC2C(=O)O)n1C. The Balaban J connectivity index is 2.08. The van der Waals surface area contributed by atoms with Gasteiger partial charge in [-0.3, -0.25) is 9.59 Å². The molecule has 0 saturated carbocycles. The van der Waals surface area contributed by atoms with E-state index in [0.29, 0.717) is 5.69 Å². The molecule has 6 nitrogen and oxygen atoms in total. The molecule has 0 bridgehead atoms. The number of hydrogen-bond donors (Lipinski definition) is 2. The summed E-state index contributed by atoms with van der Waals surface area (Å²) in [6.45, 7) is 2.29. The standard InChI is InChI=1S/C12H16N2O4/c1-7-3-4-10(14(7)2)11(15)13-9-6-18-5-8(9)12(16)17/h3-4,8-9H,5-6H2,1-2H3,(H,13,15)(H,16,17). The molecule has 0 spiro atoms. The molecule has 1 aliphatic heterocycles. The smallest absolute Gasteiger partial charge is 0.311 e. The highest BCUT2D eigenvalue weighted by atomic mass is 16.5. The molecule has 0 aliphatic carbocycles. The minimum atomic E-state index is -0.944. The number of aromatic nitrogens is 1. The highest BCUT2D eigenvalue weighted by molar-refractivity contribution is 5.93. The zero-order chi connectivity index (χ0) is 13.3. The van der Waals surface area contributed by atoms with Crippen LogP contribution in [0.4, 0.5) is 0 Å². The molecule has 2 N–H and O–H groups in total. The molecule has 2 rings (SSSR count). The van der Waals surface area contributed by atoms with E-state index in [4.69, 9.17) is 9.84 Å². The van der Waals surface area contributed by atoms with Crippen molar-refractivity contribution >= 4 is 11.9 Å². The highest BCUT2D eigenvalue weighted by Gasteiger charge is 2.35. The maximum absolute atomic E-state index is 12.0. The van der Waals surface area contributed by atoms with Gasteiger partial charge < -0.3 is 19.7 Å². The van der Waals surface area contributed by atoms with Crippen LogP contribution in [-0.4, -0.2) is 40.8 Å². The number of hydrogen-bond acceptors (Lipinski definition) is 3. The molecule has 2 unspecified atom stereocenters. The third-order valence-electron chi connectivity index (χ3n) is 3.32. The Morgan fingerprint density at radius 1 is 1.44 bits per heavy atom. The molecule has 1 aromatic heterocycles. The van der Waals surface area contributed by atoms with Gasteiger partial charge in [0.25, 0.3) is 5.91 Å². The van der Waals surface area contributed by atoms with Crippen LogP contribution in [0.25, 0.3) is 0 Å². The summed E-state index contributed by atoms with van der Waals surface area (Å²) in [5, 5.41) is 11.7. The Labute approximate surface area is 105 Å². The lowest BCUT2D eigenvalue weighted by Crippen LogP contribution is -2.43. The van der Waals surface area contributed by atoms with Crippen LogP contribution in [0.1, 0.15) is 16.2 Å². The summed E-state index contributed by atoms with van der Waals surface area (Å²) in [5.41, 5.74) is 1.49. The average Bonchev–Trinajstić information content (AvgIpc) is 2.88. The number of aliphatic carboxylic acids is 1. The maximum atomic E-state index is 12.0. The lowest BCUT2D eigenvalue weighted by molar-refractivity contribution is -0.142. The van der Waals surface area contributed by atoms with Crippen molar-refractivity contribution < 1.29 is 19.4 Å². The summed E-state index contributed by atoms with van der Waals surface area (Å²) in [5.74, 6) is -1.89. The monoisotopic (exact) mass is 252 g/mol. The third kappa shape index (κ3) is 2.24. The van der Waals surface area contributed by atoms with Gasteiger partial charge in [0, 0.05) is 12.7 Å². The van der Waals surface area contributed by atoms with Crippen LogP contribution >= 0.6 is 0 Å². The first kappa shape index (κ1) is 12.6. The number of rotatable bonds is 3. The number of ether oxygens (including phenoxy) is 1. The van der Waals surface area contributed by atoms with E-state index in [-0.39, 0.29) is 19.1 Å². The molecule has 2 atom stereocenters. The van der Waals surface area contributed by atoms with Crippen molar-refractivity contribution in [2.75, 3.05) is 13.2 Å². The topological polar surface area (TPSA) is 80.6 Å². The zero-order valence-corrected chi connectivity index (χ0v) is 10.3. The Bertz CT molecular complexity index is 480. The highest BCUT2D eigenvalue weighted by Crippen LogP contribution is 2.15. The van der Waals surface area contributed by atoms with E-state index in [1.165, 1.54) is 0 Å². The quantitative estimate of drug-likeness (QED) is 0.803. The van der Waals surface area contributed by atoms with Crippen molar-refractivity contribution in [2.45, 2.75) is 13.0 Å². The number of carboxylic acid groups (broad SMARTS) is 1. The number of nitrogens with zero attached hydrogens (tertiary/aromatic N) is 1. The lowest BCUT2D eigenvalue weighted by atomic mass is 10.0. The lowest BCUT2D eigenvalue weighted by Gasteiger charge is -2.16. The van der Waals surface area contributed by atoms with Crippen LogP contribution in [0.5, 0.6) is 0 Å². The second kappa shape index (κ2) is 4.81. The number of carbonyl (C=O) groups excluding carboxylic acids is 1. The normalized spacial score (nSPS) is 23.0. The molecule has 18 heavy (non-hydrogen) atoms. The first-order chi connectivity index (χ1) is 8.50. The number of carbonyl (C=O) groups is 2. The summed E-state index contributed by atoms with van der Waals surface area (Å²) in [6, 6.07) is 3.09. The van der Waals surface area contributed by atoms with Gasteiger partial charge in [0.15, 0.2) is 0 Å². The summed E-state index contributed by atoms with van der Waals surface area (Å²) in [7, 11) is 1.80. The van der Waals surface area contributed by atoms with Gasteiger partial charge in [-0.15, -0.1) is 0 Å². The van der Waals surface area contributed by atoms with Crippen LogP contribution in [0.15, 0.2) is 12.1 Å². The Hall–Kier alpha value is -1.82. The van der Waals surface area contributed by atoms with E-state index >= 15 is 0 Å². The van der Waals surface area contributed by atoms with Crippen LogP contribution in [-0.2, 0) is 16.6 Å². The fourth-order valence-electron chi connectivity index (χ4n) is 2.02. The Morgan fingerprint density at radius 2 is 2.17 bits per heavy atom. The third-order valence-corrected chi connectivity index (χ3v) is 3.32. The molecule has 0 aromatic carbocycles. The van der Waals surface area contributed by atoms with Gasteiger partial charge >= 0.3 is 5.97 Å². The number of amides is 1. The maximum Gasteiger partial charge on any atom is 0.311 e. The minimum absolute atomic E-state index is 0.145. The number of carboxylic acids is 1. The van der Waals surface area contributed by atoms with Crippen LogP contribution in [0, 0.1) is 12.8 Å². The summed E-state index contributed by atoms with van der Waals surface area (Å²) >= 11 is 0. The van der Waals surface area contributed by atoms with E-state index in [0.717, 1.165) is 5.69 Å². The molecular weight excluding hydrogens is 236 g/mol. The predicted molar refractivity (Wildman–Crippen MR) is 63.3 cm³/mol. The Kier molecular flexibility index (Phi) is 3.38. The molecule has 0 radical (unpaired) electrons. The van der Waals surface area contributed by atoms with E-state index in [9.17, 15) is 9.59 Å². The molecule has 6 heteroatoms. The molecular formula is C12H16N2O4. The van der Waals surface area contributed by atoms with Crippen molar-refractivity contribution in [2.24, 2.45) is 13.0 Å². The van der Waals surface area contributed by atoms with E-state index in [1.54, 1.807) is 17.7 Å². The fraction of sp³-hybridized carbons (Fsp3) is 0.500. The molecule has 1 fully saturated rings. The number of aryl methyl sites for hydroxylation is 1. The van der Waals surface area contributed by atoms with Gasteiger partial charge in [-0.2, -0.15) is 0 Å². The summed E-state index contributed by atoms with van der Waals surface area (Å²) < 4.78 is 6.87. The summed E-state index contributed by atoms with van der Waals surface area (Å²) in [6.07, 6.45) is 0. The first-order valence-corrected chi connectivity index (χ1v) is 5.74. The second-order valence-corrected chi connectivity index (χ2v) is 4.48. The molecule has 1 saturated heterocycles. The Morgan fingerprint density at radius 3 is 2.72 bits per heavy atom. The van der Waals surface area contributed by atoms with Crippen molar-refractivity contribution in [3.63, 3.8) is 0 Å². The average molecular weight is 252 g/mol. The first-order valence-electron chi connectivity index (χ1n) is 5.74. The van der Waals surface area contributed by atoms with Crippen molar-refractivity contribution in [3.8, 4) is 0 Å². The second-order valence-electron chi connectivity index (χ2n) is 4.48. The molecule has 2 heterocycles. The fourth-order valence-corrected chi connectivity index (χ4v) is 2.02. The van der Waals surface area contributed by atoms with Gasteiger partial charge in [0.05, 0.1) is 19.3 Å². The van der Waals surface area contributed by atoms with E-state index < -0.39 is 17.9 Å². The molecule has 98 valence electrons. The van der Waals surface area contributed by atoms with Crippen LogP contribution in [0.2, 0.25) is 0 Å². The van der Waals surface area contributed by atoms with Crippen molar-refractivity contribution in [3.05, 3.63) is 23.5 Å². The van der Waals surface area contributed by atoms with E-state index in [2.05, 4.69) is 5.32 Å². The van der Waals surface area contributed by atoms with Gasteiger partial charge in [-0.05, 0) is 19.1 Å². The van der Waals surface area contributed by atoms with Gasteiger partial charge in [-0.1, -0.05) is 0 Å². The van der Waals surface area contributed by atoms with Crippen LogP contribution in [0.3, 0.4) is 0 Å². The number of nitrogens with one attached hydrogen (secondary N) is 1. The van der Waals surface area contributed by atoms with E-state index in [1.807, 2.05) is 13.0 Å². The predicted octanol–water partition coefficient (Wildman–Crippen LogP) is 0.163. The van der Waals surface area contributed by atoms with Crippen LogP contribution < -0.4 is 5.32 Å². The minimum Gasteiger partial charge on any atom is -0.481 e. The molecule has 1 amide bonds.